The van der Waals surface area contributed by atoms with Crippen molar-refractivity contribution < 1.29 is 9.66 Å². The van der Waals surface area contributed by atoms with Gasteiger partial charge in [0.15, 0.2) is 0 Å². The lowest BCUT2D eigenvalue weighted by atomic mass is 10.1. The first kappa shape index (κ1) is 19.1. The van der Waals surface area contributed by atoms with Gasteiger partial charge in [-0.25, -0.2) is 0 Å². The molecule has 0 aliphatic carbocycles. The van der Waals surface area contributed by atoms with Crippen LogP contribution in [0.3, 0.4) is 0 Å². The number of anilines is 1. The van der Waals surface area contributed by atoms with E-state index in [-0.39, 0.29) is 5.69 Å². The molecule has 28 heavy (non-hydrogen) atoms. The van der Waals surface area contributed by atoms with Crippen LogP contribution < -0.4 is 10.2 Å². The molecular formula is C22H21N3O3. The van der Waals surface area contributed by atoms with Crippen LogP contribution in [0.5, 0.6) is 5.75 Å². The first-order valence-corrected chi connectivity index (χ1v) is 8.84. The normalized spacial score (nSPS) is 10.8. The van der Waals surface area contributed by atoms with E-state index in [1.54, 1.807) is 18.3 Å². The summed E-state index contributed by atoms with van der Waals surface area (Å²) in [7, 11) is 0. The van der Waals surface area contributed by atoms with Gasteiger partial charge >= 0.3 is 0 Å². The number of nitrogens with zero attached hydrogens (tertiary/aromatic N) is 2. The molecule has 0 heterocycles. The van der Waals surface area contributed by atoms with Gasteiger partial charge < -0.3 is 4.74 Å². The molecule has 0 saturated heterocycles. The second kappa shape index (κ2) is 8.81. The van der Waals surface area contributed by atoms with Crippen molar-refractivity contribution in [1.82, 2.24) is 0 Å². The first-order chi connectivity index (χ1) is 13.5. The summed E-state index contributed by atoms with van der Waals surface area (Å²) in [6.07, 6.45) is 1.64. The lowest BCUT2D eigenvalue weighted by Gasteiger charge is -2.10. The minimum Gasteiger partial charge on any atom is -0.489 e. The number of nitro benzene ring substituents is 1. The average molecular weight is 375 g/mol. The Morgan fingerprint density at radius 1 is 1.07 bits per heavy atom. The van der Waals surface area contributed by atoms with Crippen LogP contribution in [0.25, 0.3) is 0 Å². The van der Waals surface area contributed by atoms with Crippen molar-refractivity contribution in [3.05, 3.63) is 99.1 Å². The highest BCUT2D eigenvalue weighted by Crippen LogP contribution is 2.18. The quantitative estimate of drug-likeness (QED) is 0.348. The zero-order chi connectivity index (χ0) is 19.9. The van der Waals surface area contributed by atoms with E-state index in [0.29, 0.717) is 12.3 Å². The maximum atomic E-state index is 10.8. The van der Waals surface area contributed by atoms with E-state index in [4.69, 9.17) is 4.74 Å². The molecule has 0 atom stereocenters. The SMILES string of the molecule is Cc1ccc(C)c(COc2cccc(C=NNc3cccc([N+](=O)[O-])c3)c2)c1. The summed E-state index contributed by atoms with van der Waals surface area (Å²) in [4.78, 5) is 10.4. The van der Waals surface area contributed by atoms with Crippen LogP contribution in [-0.4, -0.2) is 11.1 Å². The van der Waals surface area contributed by atoms with Gasteiger partial charge in [0.05, 0.1) is 16.8 Å². The van der Waals surface area contributed by atoms with E-state index >= 15 is 0 Å². The molecule has 0 saturated carbocycles. The highest BCUT2D eigenvalue weighted by Gasteiger charge is 2.05. The zero-order valence-electron chi connectivity index (χ0n) is 15.8. The molecule has 0 aliphatic heterocycles. The van der Waals surface area contributed by atoms with Gasteiger partial charge in [-0.3, -0.25) is 15.5 Å². The number of hydrogen-bond acceptors (Lipinski definition) is 5. The molecule has 6 nitrogen and oxygen atoms in total. The lowest BCUT2D eigenvalue weighted by Crippen LogP contribution is -1.99. The Morgan fingerprint density at radius 2 is 1.89 bits per heavy atom. The molecule has 0 aliphatic rings. The van der Waals surface area contributed by atoms with E-state index in [1.807, 2.05) is 24.3 Å². The Balaban J connectivity index is 1.63. The fourth-order valence-electron chi connectivity index (χ4n) is 2.67. The van der Waals surface area contributed by atoms with Gasteiger partial charge in [0.25, 0.3) is 5.69 Å². The molecule has 0 fully saturated rings. The summed E-state index contributed by atoms with van der Waals surface area (Å²) in [6.45, 7) is 4.63. The van der Waals surface area contributed by atoms with Crippen molar-refractivity contribution in [2.75, 3.05) is 5.43 Å². The van der Waals surface area contributed by atoms with Gasteiger partial charge in [0.2, 0.25) is 0 Å². The Kier molecular flexibility index (Phi) is 6.01. The van der Waals surface area contributed by atoms with Gasteiger partial charge in [0.1, 0.15) is 12.4 Å². The number of rotatable bonds is 7. The summed E-state index contributed by atoms with van der Waals surface area (Å²) in [5.41, 5.74) is 7.79. The second-order valence-electron chi connectivity index (χ2n) is 6.47. The van der Waals surface area contributed by atoms with E-state index in [9.17, 15) is 10.1 Å². The topological polar surface area (TPSA) is 76.8 Å². The Labute approximate surface area is 163 Å². The summed E-state index contributed by atoms with van der Waals surface area (Å²) in [5.74, 6) is 0.750. The molecule has 0 amide bonds. The van der Waals surface area contributed by atoms with Gasteiger partial charge in [-0.05, 0) is 48.7 Å². The number of non-ortho nitro benzene ring substituents is 1. The fourth-order valence-corrected chi connectivity index (χ4v) is 2.67. The van der Waals surface area contributed by atoms with Crippen LogP contribution in [0, 0.1) is 24.0 Å². The number of nitrogens with one attached hydrogen (secondary N) is 1. The molecule has 6 heteroatoms. The number of ether oxygens (including phenoxy) is 1. The predicted molar refractivity (Wildman–Crippen MR) is 111 cm³/mol. The molecule has 3 rings (SSSR count). The molecule has 3 aromatic carbocycles. The molecular weight excluding hydrogens is 354 g/mol. The number of hydrogen-bond donors (Lipinski definition) is 1. The van der Waals surface area contributed by atoms with E-state index in [1.165, 1.54) is 23.3 Å². The monoisotopic (exact) mass is 375 g/mol. The molecule has 0 spiro atoms. The summed E-state index contributed by atoms with van der Waals surface area (Å²) in [5, 5.41) is 15.0. The average Bonchev–Trinajstić information content (AvgIpc) is 2.69. The smallest absolute Gasteiger partial charge is 0.271 e. The predicted octanol–water partition coefficient (Wildman–Crippen LogP) is 5.24. The first-order valence-electron chi connectivity index (χ1n) is 8.84. The van der Waals surface area contributed by atoms with E-state index in [0.717, 1.165) is 16.9 Å². The molecule has 0 aromatic heterocycles. The van der Waals surface area contributed by atoms with Crippen molar-refractivity contribution in [1.29, 1.82) is 0 Å². The van der Waals surface area contributed by atoms with Gasteiger partial charge in [-0.15, -0.1) is 0 Å². The van der Waals surface area contributed by atoms with Crippen LogP contribution in [0.15, 0.2) is 71.8 Å². The Bertz CT molecular complexity index is 1020. The molecule has 142 valence electrons. The van der Waals surface area contributed by atoms with Crippen LogP contribution in [0.1, 0.15) is 22.3 Å². The molecule has 0 unspecified atom stereocenters. The van der Waals surface area contributed by atoms with Crippen LogP contribution >= 0.6 is 0 Å². The number of hydrazone groups is 1. The van der Waals surface area contributed by atoms with Crippen molar-refractivity contribution in [3.63, 3.8) is 0 Å². The molecule has 0 bridgehead atoms. The third kappa shape index (κ3) is 5.17. The summed E-state index contributed by atoms with van der Waals surface area (Å²) < 4.78 is 5.92. The van der Waals surface area contributed by atoms with Crippen LogP contribution in [0.2, 0.25) is 0 Å². The summed E-state index contributed by atoms with van der Waals surface area (Å²) in [6, 6.07) is 20.1. The van der Waals surface area contributed by atoms with Crippen molar-refractivity contribution in [2.24, 2.45) is 5.10 Å². The highest BCUT2D eigenvalue weighted by molar-refractivity contribution is 5.80. The van der Waals surface area contributed by atoms with Gasteiger partial charge in [-0.1, -0.05) is 42.0 Å². The lowest BCUT2D eigenvalue weighted by molar-refractivity contribution is -0.384. The zero-order valence-corrected chi connectivity index (χ0v) is 15.8. The molecule has 3 aromatic rings. The Hall–Kier alpha value is -3.67. The number of nitro groups is 1. The molecule has 0 radical (unpaired) electrons. The van der Waals surface area contributed by atoms with Gasteiger partial charge in [-0.2, -0.15) is 5.10 Å². The van der Waals surface area contributed by atoms with Gasteiger partial charge in [0, 0.05) is 12.1 Å². The minimum absolute atomic E-state index is 0.0158. The number of benzene rings is 3. The Morgan fingerprint density at radius 3 is 2.71 bits per heavy atom. The maximum absolute atomic E-state index is 10.8. The fraction of sp³-hybridized carbons (Fsp3) is 0.136. The van der Waals surface area contributed by atoms with Crippen molar-refractivity contribution in [2.45, 2.75) is 20.5 Å². The van der Waals surface area contributed by atoms with Crippen molar-refractivity contribution >= 4 is 17.6 Å². The maximum Gasteiger partial charge on any atom is 0.271 e. The summed E-state index contributed by atoms with van der Waals surface area (Å²) >= 11 is 0. The van der Waals surface area contributed by atoms with Crippen LogP contribution in [-0.2, 0) is 6.61 Å². The highest BCUT2D eigenvalue weighted by atomic mass is 16.6. The third-order valence-corrected chi connectivity index (χ3v) is 4.22. The number of aryl methyl sites for hydroxylation is 2. The van der Waals surface area contributed by atoms with Crippen LogP contribution in [0.4, 0.5) is 11.4 Å². The largest absolute Gasteiger partial charge is 0.489 e. The standard InChI is InChI=1S/C22H21N3O3/c1-16-9-10-17(2)19(11-16)15-28-22-8-3-5-18(12-22)14-23-24-20-6-4-7-21(13-20)25(26)27/h3-14,24H,15H2,1-2H3. The third-order valence-electron chi connectivity index (χ3n) is 4.22. The molecule has 1 N–H and O–H groups in total. The van der Waals surface area contributed by atoms with Crippen molar-refractivity contribution in [3.8, 4) is 5.75 Å². The van der Waals surface area contributed by atoms with E-state index in [2.05, 4.69) is 42.6 Å². The second-order valence-corrected chi connectivity index (χ2v) is 6.47. The minimum atomic E-state index is -0.439. The van der Waals surface area contributed by atoms with E-state index < -0.39 is 4.92 Å².